The molecule has 0 saturated heterocycles. The van der Waals surface area contributed by atoms with Crippen molar-refractivity contribution in [2.75, 3.05) is 0 Å². The zero-order chi connectivity index (χ0) is 11.2. The molecule has 0 aromatic heterocycles. The van der Waals surface area contributed by atoms with Crippen molar-refractivity contribution in [1.82, 2.24) is 0 Å². The molecule has 3 fully saturated rings. The van der Waals surface area contributed by atoms with Crippen molar-refractivity contribution in [2.45, 2.75) is 71.6 Å². The maximum absolute atomic E-state index is 2.56. The Bertz CT molecular complexity index is 257. The summed E-state index contributed by atoms with van der Waals surface area (Å²) in [6, 6.07) is 0. The van der Waals surface area contributed by atoms with Crippen LogP contribution in [0.15, 0.2) is 0 Å². The zero-order valence-corrected chi connectivity index (χ0v) is 11.2. The van der Waals surface area contributed by atoms with E-state index in [1.165, 1.54) is 25.7 Å². The Balaban J connectivity index is 1.98. The van der Waals surface area contributed by atoms with Crippen molar-refractivity contribution < 1.29 is 0 Å². The van der Waals surface area contributed by atoms with Gasteiger partial charge in [-0.15, -0.1) is 0 Å². The zero-order valence-electron chi connectivity index (χ0n) is 11.2. The van der Waals surface area contributed by atoms with Gasteiger partial charge in [0.15, 0.2) is 0 Å². The first kappa shape index (κ1) is 11.1. The molecule has 2 bridgehead atoms. The van der Waals surface area contributed by atoms with Crippen molar-refractivity contribution in [3.63, 3.8) is 0 Å². The molecule has 3 aliphatic carbocycles. The second-order valence-electron chi connectivity index (χ2n) is 6.95. The Morgan fingerprint density at radius 3 is 2.56 bits per heavy atom. The van der Waals surface area contributed by atoms with Crippen LogP contribution in [-0.2, 0) is 0 Å². The molecule has 0 aliphatic heterocycles. The van der Waals surface area contributed by atoms with Gasteiger partial charge in [0.2, 0.25) is 0 Å². The highest BCUT2D eigenvalue weighted by molar-refractivity contribution is 5.04. The van der Waals surface area contributed by atoms with E-state index in [9.17, 15) is 0 Å². The lowest BCUT2D eigenvalue weighted by molar-refractivity contribution is -0.0522. The molecule has 92 valence electrons. The summed E-state index contributed by atoms with van der Waals surface area (Å²) >= 11 is 0. The van der Waals surface area contributed by atoms with E-state index in [-0.39, 0.29) is 0 Å². The molecule has 3 saturated carbocycles. The molecule has 3 rings (SSSR count). The Hall–Kier alpha value is 0. The number of hydrogen-bond donors (Lipinski definition) is 0. The first-order chi connectivity index (χ1) is 7.78. The van der Waals surface area contributed by atoms with Crippen molar-refractivity contribution in [1.29, 1.82) is 0 Å². The molecule has 4 unspecified atom stereocenters. The number of rotatable bonds is 1. The Morgan fingerprint density at radius 1 is 1.00 bits per heavy atom. The van der Waals surface area contributed by atoms with Gasteiger partial charge < -0.3 is 0 Å². The van der Waals surface area contributed by atoms with Gasteiger partial charge in [-0.1, -0.05) is 39.5 Å². The normalized spacial score (nSPS) is 52.1. The summed E-state index contributed by atoms with van der Waals surface area (Å²) in [6.45, 7) is 5.05. The fourth-order valence-electron chi connectivity index (χ4n) is 6.03. The van der Waals surface area contributed by atoms with Crippen LogP contribution >= 0.6 is 0 Å². The van der Waals surface area contributed by atoms with E-state index in [0.717, 1.165) is 29.1 Å². The van der Waals surface area contributed by atoms with Crippen LogP contribution in [0.1, 0.15) is 71.6 Å². The molecule has 0 heterocycles. The predicted molar refractivity (Wildman–Crippen MR) is 69.3 cm³/mol. The lowest BCUT2D eigenvalue weighted by Crippen LogP contribution is -2.46. The Morgan fingerprint density at radius 2 is 1.75 bits per heavy atom. The summed E-state index contributed by atoms with van der Waals surface area (Å²) in [4.78, 5) is 0. The minimum Gasteiger partial charge on any atom is -0.0648 e. The fraction of sp³-hybridized carbons (Fsp3) is 1.00. The van der Waals surface area contributed by atoms with Crippen LogP contribution < -0.4 is 0 Å². The molecule has 0 aromatic carbocycles. The SMILES string of the molecule is CCC12CCC[C@H]1C1CCCCC2C(C)C1. The predicted octanol–water partition coefficient (Wildman–Crippen LogP) is 5.03. The van der Waals surface area contributed by atoms with Crippen molar-refractivity contribution >= 4 is 0 Å². The minimum atomic E-state index is 0.794. The van der Waals surface area contributed by atoms with E-state index in [4.69, 9.17) is 0 Å². The van der Waals surface area contributed by atoms with Crippen LogP contribution in [0.3, 0.4) is 0 Å². The molecule has 0 N–H and O–H groups in total. The van der Waals surface area contributed by atoms with Gasteiger partial charge in [-0.3, -0.25) is 0 Å². The second-order valence-corrected chi connectivity index (χ2v) is 6.95. The summed E-state index contributed by atoms with van der Waals surface area (Å²) < 4.78 is 0. The van der Waals surface area contributed by atoms with Gasteiger partial charge in [0.25, 0.3) is 0 Å². The Kier molecular flexibility index (Phi) is 2.80. The molecule has 16 heavy (non-hydrogen) atoms. The Labute approximate surface area is 101 Å². The molecule has 0 spiro atoms. The third-order valence-electron chi connectivity index (χ3n) is 6.56. The molecular formula is C16H28. The molecule has 0 radical (unpaired) electrons. The number of hydrogen-bond acceptors (Lipinski definition) is 0. The topological polar surface area (TPSA) is 0 Å². The fourth-order valence-corrected chi connectivity index (χ4v) is 6.03. The van der Waals surface area contributed by atoms with E-state index in [2.05, 4.69) is 13.8 Å². The van der Waals surface area contributed by atoms with E-state index in [0.29, 0.717) is 0 Å². The highest BCUT2D eigenvalue weighted by Gasteiger charge is 2.54. The monoisotopic (exact) mass is 220 g/mol. The van der Waals surface area contributed by atoms with Crippen molar-refractivity contribution in [3.8, 4) is 0 Å². The summed E-state index contributed by atoms with van der Waals surface area (Å²) in [6.07, 6.45) is 13.9. The van der Waals surface area contributed by atoms with Crippen molar-refractivity contribution in [3.05, 3.63) is 0 Å². The van der Waals surface area contributed by atoms with E-state index < -0.39 is 0 Å². The maximum Gasteiger partial charge on any atom is -0.0238 e. The van der Waals surface area contributed by atoms with Gasteiger partial charge in [-0.2, -0.15) is 0 Å². The summed E-state index contributed by atoms with van der Waals surface area (Å²) in [5.74, 6) is 4.34. The first-order valence-electron chi connectivity index (χ1n) is 7.78. The highest BCUT2D eigenvalue weighted by atomic mass is 14.6. The van der Waals surface area contributed by atoms with Gasteiger partial charge >= 0.3 is 0 Å². The van der Waals surface area contributed by atoms with Crippen LogP contribution in [0.2, 0.25) is 0 Å². The summed E-state index contributed by atoms with van der Waals surface area (Å²) in [5.41, 5.74) is 0.794. The lowest BCUT2D eigenvalue weighted by Gasteiger charge is -2.54. The van der Waals surface area contributed by atoms with Crippen LogP contribution in [-0.4, -0.2) is 0 Å². The molecule has 0 aromatic rings. The van der Waals surface area contributed by atoms with Gasteiger partial charge in [-0.25, -0.2) is 0 Å². The molecule has 0 heteroatoms. The second kappa shape index (κ2) is 4.03. The summed E-state index contributed by atoms with van der Waals surface area (Å²) in [7, 11) is 0. The maximum atomic E-state index is 2.56. The smallest absolute Gasteiger partial charge is 0.0238 e. The standard InChI is InChI=1S/C16H28/c1-3-16-10-6-9-15(16)13-7-4-5-8-14(16)12(2)11-13/h12-15H,3-11H2,1-2H3/t12?,13?,14?,15-,16?/m0/s1. The minimum absolute atomic E-state index is 0.794. The largest absolute Gasteiger partial charge is 0.0648 e. The third-order valence-corrected chi connectivity index (χ3v) is 6.56. The van der Waals surface area contributed by atoms with E-state index >= 15 is 0 Å². The van der Waals surface area contributed by atoms with Crippen LogP contribution in [0, 0.1) is 29.1 Å². The van der Waals surface area contributed by atoms with Crippen LogP contribution in [0.4, 0.5) is 0 Å². The average Bonchev–Trinajstić information content (AvgIpc) is 2.66. The lowest BCUT2D eigenvalue weighted by atomic mass is 9.51. The van der Waals surface area contributed by atoms with E-state index in [1.54, 1.807) is 32.1 Å². The molecule has 0 amide bonds. The van der Waals surface area contributed by atoms with Crippen LogP contribution in [0.25, 0.3) is 0 Å². The third kappa shape index (κ3) is 1.41. The van der Waals surface area contributed by atoms with Gasteiger partial charge in [0, 0.05) is 0 Å². The molecular weight excluding hydrogens is 192 g/mol. The van der Waals surface area contributed by atoms with Gasteiger partial charge in [0.1, 0.15) is 0 Å². The molecule has 5 atom stereocenters. The average molecular weight is 220 g/mol. The summed E-state index contributed by atoms with van der Waals surface area (Å²) in [5, 5.41) is 0. The van der Waals surface area contributed by atoms with Gasteiger partial charge in [0.05, 0.1) is 0 Å². The molecule has 0 nitrogen and oxygen atoms in total. The van der Waals surface area contributed by atoms with Gasteiger partial charge in [-0.05, 0) is 61.2 Å². The molecule has 3 aliphatic rings. The highest BCUT2D eigenvalue weighted by Crippen LogP contribution is 2.63. The van der Waals surface area contributed by atoms with E-state index in [1.807, 2.05) is 0 Å². The first-order valence-corrected chi connectivity index (χ1v) is 7.78. The van der Waals surface area contributed by atoms with Crippen LogP contribution in [0.5, 0.6) is 0 Å². The quantitative estimate of drug-likeness (QED) is 0.581. The van der Waals surface area contributed by atoms with Crippen molar-refractivity contribution in [2.24, 2.45) is 29.1 Å².